The number of cyclic esters (lactones) is 1. The van der Waals surface area contributed by atoms with Gasteiger partial charge in [-0.1, -0.05) is 38.2 Å². The molecule has 10 nitrogen and oxygen atoms in total. The topological polar surface area (TPSA) is 156 Å². The van der Waals surface area contributed by atoms with Crippen LogP contribution in [0.1, 0.15) is 45.2 Å². The van der Waals surface area contributed by atoms with E-state index in [1.54, 1.807) is 25.3 Å². The number of allylic oxidation sites excluding steroid dienone is 3. The first-order chi connectivity index (χ1) is 17.5. The van der Waals surface area contributed by atoms with Gasteiger partial charge in [0.25, 0.3) is 0 Å². The van der Waals surface area contributed by atoms with Crippen molar-refractivity contribution < 1.29 is 19.7 Å². The molecule has 0 aromatic carbocycles. The van der Waals surface area contributed by atoms with E-state index < -0.39 is 23.2 Å². The van der Waals surface area contributed by atoms with Gasteiger partial charge in [0.05, 0.1) is 23.7 Å². The largest absolute Gasteiger partial charge is 0.423 e. The Morgan fingerprint density at radius 2 is 2.11 bits per heavy atom. The maximum absolute atomic E-state index is 12.7. The van der Waals surface area contributed by atoms with Crippen molar-refractivity contribution in [2.75, 3.05) is 12.3 Å². The summed E-state index contributed by atoms with van der Waals surface area (Å²) in [6.07, 6.45) is 9.56. The number of rotatable bonds is 4. The quantitative estimate of drug-likeness (QED) is 0.363. The Labute approximate surface area is 214 Å². The van der Waals surface area contributed by atoms with Crippen LogP contribution in [0.2, 0.25) is 0 Å². The van der Waals surface area contributed by atoms with Gasteiger partial charge in [0.1, 0.15) is 17.3 Å². The summed E-state index contributed by atoms with van der Waals surface area (Å²) in [7, 11) is 1.65. The molecule has 5 rings (SSSR count). The minimum atomic E-state index is -0.576. The number of aromatic nitrogens is 4. The third-order valence-corrected chi connectivity index (χ3v) is 8.81. The van der Waals surface area contributed by atoms with Crippen molar-refractivity contribution in [1.82, 2.24) is 19.7 Å². The lowest BCUT2D eigenvalue weighted by Crippen LogP contribution is -2.57. The van der Waals surface area contributed by atoms with Crippen LogP contribution in [-0.2, 0) is 16.6 Å². The summed E-state index contributed by atoms with van der Waals surface area (Å²) in [6, 6.07) is 0. The highest BCUT2D eigenvalue weighted by Crippen LogP contribution is 2.61. The first-order valence-electron chi connectivity index (χ1n) is 12.5. The molecule has 1 aliphatic heterocycles. The zero-order valence-corrected chi connectivity index (χ0v) is 21.3. The Bertz CT molecular complexity index is 1450. The summed E-state index contributed by atoms with van der Waals surface area (Å²) in [5.41, 5.74) is 6.88. The van der Waals surface area contributed by atoms with Crippen LogP contribution in [0.5, 0.6) is 0 Å². The van der Waals surface area contributed by atoms with Gasteiger partial charge in [0.15, 0.2) is 5.65 Å². The average Bonchev–Trinajstić information content (AvgIpc) is 3.34. The number of H-pyrrole nitrogens is 1. The lowest BCUT2D eigenvalue weighted by Gasteiger charge is -2.59. The number of aromatic amines is 1. The average molecular weight is 508 g/mol. The Balaban J connectivity index is 1.46. The minimum absolute atomic E-state index is 0.00575. The summed E-state index contributed by atoms with van der Waals surface area (Å²) < 4.78 is 6.92. The molecule has 2 aliphatic carbocycles. The Morgan fingerprint density at radius 1 is 1.35 bits per heavy atom. The molecule has 5 N–H and O–H groups in total. The van der Waals surface area contributed by atoms with Gasteiger partial charge in [0.2, 0.25) is 0 Å². The number of ether oxygens (including phenoxy) is 1. The molecule has 5 atom stereocenters. The fourth-order valence-corrected chi connectivity index (χ4v) is 6.75. The van der Waals surface area contributed by atoms with E-state index in [0.717, 1.165) is 24.8 Å². The molecule has 37 heavy (non-hydrogen) atoms. The molecule has 0 amide bonds. The fraction of sp³-hybridized carbons (Fsp3) is 0.481. The molecular weight excluding hydrogens is 474 g/mol. The lowest BCUT2D eigenvalue weighted by molar-refractivity contribution is -0.145. The van der Waals surface area contributed by atoms with Crippen molar-refractivity contribution in [3.05, 3.63) is 57.9 Å². The predicted molar refractivity (Wildman–Crippen MR) is 139 cm³/mol. The second-order valence-electron chi connectivity index (χ2n) is 11.0. The molecule has 2 saturated carbocycles. The highest BCUT2D eigenvalue weighted by molar-refractivity contribution is 5.98. The first-order valence-corrected chi connectivity index (χ1v) is 12.5. The smallest absolute Gasteiger partial charge is 0.348 e. The van der Waals surface area contributed by atoms with Crippen molar-refractivity contribution in [3.63, 3.8) is 0 Å². The van der Waals surface area contributed by atoms with Crippen LogP contribution in [0.4, 0.5) is 5.82 Å². The minimum Gasteiger partial charge on any atom is -0.423 e. The molecule has 0 saturated heterocycles. The number of nitrogens with one attached hydrogen (secondary N) is 1. The normalized spacial score (nSPS) is 33.3. The van der Waals surface area contributed by atoms with Gasteiger partial charge in [-0.05, 0) is 43.1 Å². The number of aliphatic hydroxyl groups excluding tert-OH is 2. The van der Waals surface area contributed by atoms with E-state index in [4.69, 9.17) is 10.5 Å². The molecule has 10 heteroatoms. The number of carbonyl (C=O) groups excluding carboxylic acids is 1. The van der Waals surface area contributed by atoms with Crippen LogP contribution in [0, 0.1) is 22.7 Å². The fourth-order valence-electron chi connectivity index (χ4n) is 6.75. The van der Waals surface area contributed by atoms with Crippen LogP contribution in [0.15, 0.2) is 46.5 Å². The number of aryl methyl sites for hydroxylation is 1. The SMILES string of the molecule is C=C1CCC2[C@](C)(CC[C@@H](O)[C@@]2(C)CO)C1/C=C/C1=CC(=C\c2nn(C)c3nc(=O)[nH]c(N)c23)/OC1=O. The third kappa shape index (κ3) is 3.95. The number of hydrogen-bond acceptors (Lipinski definition) is 8. The van der Waals surface area contributed by atoms with E-state index in [2.05, 4.69) is 28.6 Å². The number of esters is 1. The molecule has 2 fully saturated rings. The molecule has 2 aromatic heterocycles. The number of carbonyl (C=O) groups is 1. The van der Waals surface area contributed by atoms with E-state index in [1.165, 1.54) is 4.68 Å². The second-order valence-corrected chi connectivity index (χ2v) is 11.0. The zero-order chi connectivity index (χ0) is 26.7. The molecule has 196 valence electrons. The highest BCUT2D eigenvalue weighted by Gasteiger charge is 2.57. The van der Waals surface area contributed by atoms with Crippen LogP contribution in [0.25, 0.3) is 17.1 Å². The van der Waals surface area contributed by atoms with Gasteiger partial charge in [-0.15, -0.1) is 0 Å². The molecule has 0 radical (unpaired) electrons. The number of nitrogen functional groups attached to an aromatic ring is 1. The third-order valence-electron chi connectivity index (χ3n) is 8.81. The lowest BCUT2D eigenvalue weighted by atomic mass is 9.46. The van der Waals surface area contributed by atoms with Gasteiger partial charge in [0, 0.05) is 24.5 Å². The van der Waals surface area contributed by atoms with E-state index in [-0.39, 0.29) is 29.7 Å². The summed E-state index contributed by atoms with van der Waals surface area (Å²) in [4.78, 5) is 30.7. The molecule has 0 bridgehead atoms. The Kier molecular flexibility index (Phi) is 5.99. The van der Waals surface area contributed by atoms with Crippen molar-refractivity contribution in [2.45, 2.75) is 45.6 Å². The molecule has 3 aliphatic rings. The summed E-state index contributed by atoms with van der Waals surface area (Å²) in [6.45, 7) is 8.44. The predicted octanol–water partition coefficient (Wildman–Crippen LogP) is 2.36. The summed E-state index contributed by atoms with van der Waals surface area (Å²) in [5.74, 6) is 0.0696. The van der Waals surface area contributed by atoms with Gasteiger partial charge < -0.3 is 20.7 Å². The van der Waals surface area contributed by atoms with E-state index in [9.17, 15) is 19.8 Å². The number of nitrogens with zero attached hydrogens (tertiary/aromatic N) is 3. The first kappa shape index (κ1) is 25.2. The zero-order valence-electron chi connectivity index (χ0n) is 21.3. The van der Waals surface area contributed by atoms with E-state index in [1.807, 2.05) is 13.0 Å². The number of anilines is 1. The van der Waals surface area contributed by atoms with Crippen LogP contribution >= 0.6 is 0 Å². The van der Waals surface area contributed by atoms with Gasteiger partial charge >= 0.3 is 11.7 Å². The molecule has 0 spiro atoms. The highest BCUT2D eigenvalue weighted by atomic mass is 16.5. The summed E-state index contributed by atoms with van der Waals surface area (Å²) in [5, 5.41) is 25.7. The van der Waals surface area contributed by atoms with Gasteiger partial charge in [-0.25, -0.2) is 14.3 Å². The van der Waals surface area contributed by atoms with E-state index >= 15 is 0 Å². The number of hydrogen-bond donors (Lipinski definition) is 4. The number of aliphatic hydroxyl groups is 2. The Hall–Kier alpha value is -3.50. The molecule has 3 heterocycles. The van der Waals surface area contributed by atoms with Crippen molar-refractivity contribution in [1.29, 1.82) is 0 Å². The van der Waals surface area contributed by atoms with E-state index in [0.29, 0.717) is 34.5 Å². The number of nitrogens with two attached hydrogens (primary N) is 1. The maximum atomic E-state index is 12.7. The standard InChI is InChI=1S/C27H33N5O5/c1-14-5-8-19-26(2,10-9-20(34)27(19,3)13-33)17(14)7-6-15-11-16(37-24(15)35)12-18-21-22(28)29-25(36)30-23(21)32(4)31-18/h6-7,11-12,17,19-20,33-34H,1,5,8-10,13H2,2-4H3,(H3,28,29,30,36)/b7-6+,16-12+/t17?,19?,20-,26-,27+/m1/s1. The van der Waals surface area contributed by atoms with Gasteiger partial charge in [-0.3, -0.25) is 4.98 Å². The summed E-state index contributed by atoms with van der Waals surface area (Å²) >= 11 is 0. The molecule has 2 unspecified atom stereocenters. The van der Waals surface area contributed by atoms with Crippen LogP contribution < -0.4 is 11.4 Å². The van der Waals surface area contributed by atoms with Crippen molar-refractivity contribution in [2.24, 2.45) is 29.7 Å². The molecule has 2 aromatic rings. The second kappa shape index (κ2) is 8.81. The Morgan fingerprint density at radius 3 is 2.84 bits per heavy atom. The van der Waals surface area contributed by atoms with Gasteiger partial charge in [-0.2, -0.15) is 10.1 Å². The van der Waals surface area contributed by atoms with Crippen molar-refractivity contribution >= 4 is 28.9 Å². The molecular formula is C27H33N5O5. The van der Waals surface area contributed by atoms with Crippen LogP contribution in [0.3, 0.4) is 0 Å². The maximum Gasteiger partial charge on any atom is 0.348 e. The number of fused-ring (bicyclic) bond motifs is 2. The monoisotopic (exact) mass is 507 g/mol. The van der Waals surface area contributed by atoms with Crippen molar-refractivity contribution in [3.8, 4) is 0 Å². The van der Waals surface area contributed by atoms with Crippen LogP contribution in [-0.4, -0.2) is 48.6 Å².